The highest BCUT2D eigenvalue weighted by Gasteiger charge is 2.28. The minimum absolute atomic E-state index is 0.0807. The van der Waals surface area contributed by atoms with Gasteiger partial charge in [0, 0.05) is 5.75 Å². The summed E-state index contributed by atoms with van der Waals surface area (Å²) in [5, 5.41) is 3.44. The molecule has 0 saturated heterocycles. The van der Waals surface area contributed by atoms with Gasteiger partial charge in [-0.3, -0.25) is 0 Å². The Kier molecular flexibility index (Phi) is 4.73. The van der Waals surface area contributed by atoms with Gasteiger partial charge in [0.05, 0.1) is 10.5 Å². The van der Waals surface area contributed by atoms with E-state index in [0.717, 1.165) is 11.8 Å². The molecule has 0 aromatic rings. The summed E-state index contributed by atoms with van der Waals surface area (Å²) in [6, 6.07) is 0. The van der Waals surface area contributed by atoms with Gasteiger partial charge in [0.15, 0.2) is 15.0 Å². The van der Waals surface area contributed by atoms with Gasteiger partial charge >= 0.3 is 0 Å². The second-order valence-electron chi connectivity index (χ2n) is 3.75. The van der Waals surface area contributed by atoms with Crippen LogP contribution in [-0.4, -0.2) is 29.8 Å². The summed E-state index contributed by atoms with van der Waals surface area (Å²) >= 11 is 1.14. The lowest BCUT2D eigenvalue weighted by Crippen LogP contribution is -2.31. The molecule has 0 radical (unpaired) electrons. The van der Waals surface area contributed by atoms with Crippen molar-refractivity contribution in [3.05, 3.63) is 0 Å². The minimum Gasteiger partial charge on any atom is -0.377 e. The molecule has 14 heavy (non-hydrogen) atoms. The van der Waals surface area contributed by atoms with Crippen LogP contribution in [0.4, 0.5) is 0 Å². The van der Waals surface area contributed by atoms with Gasteiger partial charge in [-0.15, -0.1) is 0 Å². The molecule has 0 bridgehead atoms. The standard InChI is InChI=1S/C7H17N3O2S2/c1-7(2,3)14(11,12)5-4-13-6(8)10-9/h4-5,9H2,1-3H3,(H2,8,10). The van der Waals surface area contributed by atoms with E-state index in [-0.39, 0.29) is 10.9 Å². The van der Waals surface area contributed by atoms with E-state index >= 15 is 0 Å². The third-order valence-corrected chi connectivity index (χ3v) is 5.34. The Morgan fingerprint density at radius 3 is 2.29 bits per heavy atom. The van der Waals surface area contributed by atoms with Crippen molar-refractivity contribution < 1.29 is 8.42 Å². The number of sulfone groups is 1. The molecule has 0 aromatic heterocycles. The summed E-state index contributed by atoms with van der Waals surface area (Å²) in [5.41, 5.74) is 5.30. The molecule has 4 N–H and O–H groups in total. The van der Waals surface area contributed by atoms with Gasteiger partial charge in [-0.1, -0.05) is 11.8 Å². The predicted octanol–water partition coefficient (Wildman–Crippen LogP) is 0.121. The van der Waals surface area contributed by atoms with Gasteiger partial charge in [-0.25, -0.2) is 8.42 Å². The molecule has 0 atom stereocenters. The fourth-order valence-electron chi connectivity index (χ4n) is 0.599. The number of nitrogens with two attached hydrogens (primary N) is 2. The Balaban J connectivity index is 4.16. The number of rotatable bonds is 3. The van der Waals surface area contributed by atoms with E-state index in [9.17, 15) is 8.42 Å². The molecular weight excluding hydrogens is 222 g/mol. The maximum absolute atomic E-state index is 11.6. The van der Waals surface area contributed by atoms with E-state index in [1.807, 2.05) is 0 Å². The molecule has 0 aromatic carbocycles. The van der Waals surface area contributed by atoms with Crippen molar-refractivity contribution in [2.45, 2.75) is 25.5 Å². The van der Waals surface area contributed by atoms with E-state index < -0.39 is 14.6 Å². The highest BCUT2D eigenvalue weighted by atomic mass is 32.2. The number of thioether (sulfide) groups is 1. The van der Waals surface area contributed by atoms with Crippen LogP contribution in [-0.2, 0) is 9.84 Å². The molecule has 0 fully saturated rings. The first-order valence-corrected chi connectivity index (χ1v) is 6.73. The highest BCUT2D eigenvalue weighted by molar-refractivity contribution is 8.14. The van der Waals surface area contributed by atoms with Crippen molar-refractivity contribution in [3.63, 3.8) is 0 Å². The molecule has 0 aliphatic rings. The summed E-state index contributed by atoms with van der Waals surface area (Å²) < 4.78 is 22.5. The van der Waals surface area contributed by atoms with Crippen LogP contribution in [0.1, 0.15) is 20.8 Å². The van der Waals surface area contributed by atoms with Crippen LogP contribution in [0.2, 0.25) is 0 Å². The molecule has 0 aliphatic carbocycles. The molecule has 0 amide bonds. The topological polar surface area (TPSA) is 98.5 Å². The molecule has 0 spiro atoms. The van der Waals surface area contributed by atoms with Gasteiger partial charge in [-0.2, -0.15) is 5.10 Å². The van der Waals surface area contributed by atoms with Gasteiger partial charge in [-0.05, 0) is 20.8 Å². The fraction of sp³-hybridized carbons (Fsp3) is 0.857. The fourth-order valence-corrected chi connectivity index (χ4v) is 2.71. The van der Waals surface area contributed by atoms with Gasteiger partial charge in [0.1, 0.15) is 0 Å². The first-order chi connectivity index (χ1) is 6.20. The zero-order chi connectivity index (χ0) is 11.4. The molecule has 0 heterocycles. The highest BCUT2D eigenvalue weighted by Crippen LogP contribution is 2.17. The van der Waals surface area contributed by atoms with Crippen LogP contribution >= 0.6 is 11.8 Å². The minimum atomic E-state index is -3.07. The lowest BCUT2D eigenvalue weighted by Gasteiger charge is -2.18. The summed E-state index contributed by atoms with van der Waals surface area (Å²) in [6.07, 6.45) is 0. The van der Waals surface area contributed by atoms with Gasteiger partial charge < -0.3 is 11.6 Å². The number of hydrogen-bond acceptors (Lipinski definition) is 5. The Hall–Kier alpha value is -0.430. The number of amidine groups is 1. The van der Waals surface area contributed by atoms with E-state index in [1.165, 1.54) is 0 Å². The average Bonchev–Trinajstić information content (AvgIpc) is 2.01. The maximum atomic E-state index is 11.6. The van der Waals surface area contributed by atoms with Crippen LogP contribution < -0.4 is 11.6 Å². The summed E-state index contributed by atoms with van der Waals surface area (Å²) in [6.45, 7) is 5.02. The first kappa shape index (κ1) is 13.6. The molecular formula is C7H17N3O2S2. The van der Waals surface area contributed by atoms with E-state index in [4.69, 9.17) is 11.6 Å². The summed E-state index contributed by atoms with van der Waals surface area (Å²) in [5.74, 6) is 5.36. The molecule has 0 saturated carbocycles. The van der Waals surface area contributed by atoms with Crippen molar-refractivity contribution in [1.29, 1.82) is 0 Å². The van der Waals surface area contributed by atoms with E-state index in [2.05, 4.69) is 5.10 Å². The second-order valence-corrected chi connectivity index (χ2v) is 7.72. The lowest BCUT2D eigenvalue weighted by atomic mass is 10.3. The maximum Gasteiger partial charge on any atom is 0.177 e. The van der Waals surface area contributed by atoms with Crippen LogP contribution in [0.5, 0.6) is 0 Å². The third-order valence-electron chi connectivity index (χ3n) is 1.66. The Labute approximate surface area is 89.2 Å². The van der Waals surface area contributed by atoms with Crippen molar-refractivity contribution >= 4 is 26.8 Å². The van der Waals surface area contributed by atoms with Crippen molar-refractivity contribution in [3.8, 4) is 0 Å². The zero-order valence-corrected chi connectivity index (χ0v) is 10.3. The Bertz CT molecular complexity index is 303. The van der Waals surface area contributed by atoms with E-state index in [0.29, 0.717) is 5.75 Å². The predicted molar refractivity (Wildman–Crippen MR) is 61.8 cm³/mol. The van der Waals surface area contributed by atoms with Crippen LogP contribution in [0, 0.1) is 0 Å². The van der Waals surface area contributed by atoms with Crippen LogP contribution in [0.25, 0.3) is 0 Å². The van der Waals surface area contributed by atoms with E-state index in [1.54, 1.807) is 20.8 Å². The van der Waals surface area contributed by atoms with Crippen molar-refractivity contribution in [1.82, 2.24) is 0 Å². The van der Waals surface area contributed by atoms with Crippen LogP contribution in [0.3, 0.4) is 0 Å². The van der Waals surface area contributed by atoms with Gasteiger partial charge in [0.2, 0.25) is 0 Å². The Morgan fingerprint density at radius 2 is 1.93 bits per heavy atom. The molecule has 0 rings (SSSR count). The summed E-state index contributed by atoms with van der Waals surface area (Å²) in [7, 11) is -3.07. The average molecular weight is 239 g/mol. The number of hydrogen-bond donors (Lipinski definition) is 2. The van der Waals surface area contributed by atoms with Crippen molar-refractivity contribution in [2.75, 3.05) is 11.5 Å². The lowest BCUT2D eigenvalue weighted by molar-refractivity contribution is 0.562. The molecule has 0 unspecified atom stereocenters. The number of hydrazone groups is 1. The molecule has 84 valence electrons. The normalized spacial score (nSPS) is 14.4. The van der Waals surface area contributed by atoms with Crippen LogP contribution in [0.15, 0.2) is 5.10 Å². The zero-order valence-electron chi connectivity index (χ0n) is 8.65. The molecule has 5 nitrogen and oxygen atoms in total. The van der Waals surface area contributed by atoms with Gasteiger partial charge in [0.25, 0.3) is 0 Å². The summed E-state index contributed by atoms with van der Waals surface area (Å²) in [4.78, 5) is 0. The Morgan fingerprint density at radius 1 is 1.43 bits per heavy atom. The van der Waals surface area contributed by atoms with Crippen molar-refractivity contribution in [2.24, 2.45) is 16.7 Å². The quantitative estimate of drug-likeness (QED) is 0.315. The number of nitrogens with zero attached hydrogens (tertiary/aromatic N) is 1. The smallest absolute Gasteiger partial charge is 0.177 e. The largest absolute Gasteiger partial charge is 0.377 e. The SMILES string of the molecule is CC(C)(C)S(=O)(=O)CCSC(N)=NN. The molecule has 7 heteroatoms. The first-order valence-electron chi connectivity index (χ1n) is 4.09. The molecule has 0 aliphatic heterocycles. The monoisotopic (exact) mass is 239 g/mol. The second kappa shape index (κ2) is 4.88. The third kappa shape index (κ3) is 4.19.